The highest BCUT2D eigenvalue weighted by Crippen LogP contribution is 2.12. The number of imidazole rings is 1. The van der Waals surface area contributed by atoms with Gasteiger partial charge in [0.1, 0.15) is 6.33 Å². The Kier molecular flexibility index (Phi) is 3.98. The third kappa shape index (κ3) is 2.83. The maximum absolute atomic E-state index is 12.4. The fourth-order valence-corrected chi connectivity index (χ4v) is 2.32. The maximum atomic E-state index is 12.4. The molecule has 9 heteroatoms. The number of fused-ring (bicyclic) bond motifs is 1. The SMILES string of the molecule is Cc1ccc(N(C)C[13CH2]n2nnc3c(C(N)=O)ncn3c2=O)cc1. The van der Waals surface area contributed by atoms with Crippen LogP contribution in [0.5, 0.6) is 0 Å². The summed E-state index contributed by atoms with van der Waals surface area (Å²) in [7, 11) is 1.93. The molecular weight excluding hydrogens is 311 g/mol. The van der Waals surface area contributed by atoms with Gasteiger partial charge in [-0.1, -0.05) is 22.9 Å². The summed E-state index contributed by atoms with van der Waals surface area (Å²) >= 11 is 0. The first kappa shape index (κ1) is 15.7. The molecule has 0 aliphatic carbocycles. The summed E-state index contributed by atoms with van der Waals surface area (Å²) in [5.74, 6) is -0.747. The number of primary amides is 1. The van der Waals surface area contributed by atoms with Crippen LogP contribution in [0.4, 0.5) is 5.69 Å². The largest absolute Gasteiger partial charge is 0.373 e. The predicted octanol–water partition coefficient (Wildman–Crippen LogP) is -0.170. The van der Waals surface area contributed by atoms with E-state index >= 15 is 0 Å². The molecule has 1 aromatic carbocycles. The number of carbonyl (C=O) groups is 1. The molecule has 0 atom stereocenters. The Morgan fingerprint density at radius 2 is 2.00 bits per heavy atom. The average molecular weight is 328 g/mol. The molecule has 9 nitrogen and oxygen atoms in total. The summed E-state index contributed by atoms with van der Waals surface area (Å²) in [5, 5.41) is 7.74. The number of nitrogens with zero attached hydrogens (tertiary/aromatic N) is 6. The van der Waals surface area contributed by atoms with Crippen molar-refractivity contribution in [1.29, 1.82) is 0 Å². The summed E-state index contributed by atoms with van der Waals surface area (Å²) in [6.07, 6.45) is 1.23. The molecule has 0 spiro atoms. The van der Waals surface area contributed by atoms with Crippen LogP contribution in [0, 0.1) is 6.92 Å². The molecular formula is C15H17N7O2. The van der Waals surface area contributed by atoms with Crippen LogP contribution >= 0.6 is 0 Å². The molecule has 3 rings (SSSR count). The average Bonchev–Trinajstić information content (AvgIpc) is 2.99. The molecule has 0 saturated heterocycles. The number of benzene rings is 1. The van der Waals surface area contributed by atoms with Gasteiger partial charge in [-0.3, -0.25) is 4.79 Å². The number of aromatic nitrogens is 5. The molecule has 0 saturated carbocycles. The fourth-order valence-electron chi connectivity index (χ4n) is 2.32. The topological polar surface area (TPSA) is 111 Å². The lowest BCUT2D eigenvalue weighted by molar-refractivity contribution is 0.0997. The van der Waals surface area contributed by atoms with E-state index in [1.807, 2.05) is 43.1 Å². The van der Waals surface area contributed by atoms with Gasteiger partial charge >= 0.3 is 5.69 Å². The lowest BCUT2D eigenvalue weighted by Gasteiger charge is -2.19. The van der Waals surface area contributed by atoms with Gasteiger partial charge in [-0.15, -0.1) is 5.10 Å². The van der Waals surface area contributed by atoms with Crippen LogP contribution in [-0.4, -0.2) is 43.9 Å². The molecule has 2 heterocycles. The molecule has 0 radical (unpaired) electrons. The first-order valence-electron chi connectivity index (χ1n) is 7.36. The lowest BCUT2D eigenvalue weighted by Crippen LogP contribution is -2.34. The molecule has 2 aromatic heterocycles. The number of aryl methyl sites for hydroxylation is 1. The smallest absolute Gasteiger partial charge is 0.353 e. The van der Waals surface area contributed by atoms with Crippen molar-refractivity contribution in [3.05, 3.63) is 52.3 Å². The molecule has 1 amide bonds. The zero-order valence-corrected chi connectivity index (χ0v) is 13.4. The van der Waals surface area contributed by atoms with E-state index in [1.165, 1.54) is 21.0 Å². The molecule has 0 aliphatic rings. The van der Waals surface area contributed by atoms with Crippen molar-refractivity contribution in [2.45, 2.75) is 13.5 Å². The van der Waals surface area contributed by atoms with E-state index in [1.54, 1.807) is 0 Å². The highest BCUT2D eigenvalue weighted by molar-refractivity contribution is 5.96. The molecule has 2 N–H and O–H groups in total. The summed E-state index contributed by atoms with van der Waals surface area (Å²) in [4.78, 5) is 29.4. The van der Waals surface area contributed by atoms with Gasteiger partial charge < -0.3 is 10.6 Å². The van der Waals surface area contributed by atoms with E-state index in [0.717, 1.165) is 5.69 Å². The number of hydrogen-bond donors (Lipinski definition) is 1. The van der Waals surface area contributed by atoms with Crippen LogP contribution in [0.3, 0.4) is 0 Å². The Morgan fingerprint density at radius 3 is 2.67 bits per heavy atom. The van der Waals surface area contributed by atoms with Crippen LogP contribution in [0.15, 0.2) is 35.4 Å². The van der Waals surface area contributed by atoms with Crippen LogP contribution in [0.1, 0.15) is 16.1 Å². The van der Waals surface area contributed by atoms with Gasteiger partial charge in [-0.25, -0.2) is 14.2 Å². The molecule has 24 heavy (non-hydrogen) atoms. The van der Waals surface area contributed by atoms with E-state index in [0.29, 0.717) is 13.1 Å². The zero-order valence-electron chi connectivity index (χ0n) is 13.4. The van der Waals surface area contributed by atoms with E-state index in [2.05, 4.69) is 15.3 Å². The third-order valence-electron chi connectivity index (χ3n) is 3.77. The molecule has 0 aliphatic heterocycles. The molecule has 0 unspecified atom stereocenters. The second-order valence-electron chi connectivity index (χ2n) is 5.50. The lowest BCUT2D eigenvalue weighted by atomic mass is 10.2. The quantitative estimate of drug-likeness (QED) is 0.651. The number of nitrogens with two attached hydrogens (primary N) is 1. The fraction of sp³-hybridized carbons (Fsp3) is 0.267. The van der Waals surface area contributed by atoms with Crippen molar-refractivity contribution in [2.24, 2.45) is 5.73 Å². The van der Waals surface area contributed by atoms with E-state index < -0.39 is 11.6 Å². The maximum Gasteiger partial charge on any atom is 0.353 e. The van der Waals surface area contributed by atoms with Crippen molar-refractivity contribution in [3.8, 4) is 0 Å². The minimum atomic E-state index is -0.747. The van der Waals surface area contributed by atoms with Crippen LogP contribution < -0.4 is 16.3 Å². The molecule has 0 bridgehead atoms. The van der Waals surface area contributed by atoms with Gasteiger partial charge in [0.2, 0.25) is 0 Å². The van der Waals surface area contributed by atoms with Crippen molar-refractivity contribution in [3.63, 3.8) is 0 Å². The van der Waals surface area contributed by atoms with Crippen molar-refractivity contribution in [1.82, 2.24) is 24.4 Å². The minimum absolute atomic E-state index is 0.0654. The van der Waals surface area contributed by atoms with Gasteiger partial charge in [0, 0.05) is 19.3 Å². The van der Waals surface area contributed by atoms with Crippen molar-refractivity contribution >= 4 is 17.2 Å². The first-order valence-corrected chi connectivity index (χ1v) is 7.36. The van der Waals surface area contributed by atoms with E-state index in [9.17, 15) is 9.59 Å². The zero-order chi connectivity index (χ0) is 17.3. The van der Waals surface area contributed by atoms with Gasteiger partial charge in [0.25, 0.3) is 5.91 Å². The second-order valence-corrected chi connectivity index (χ2v) is 5.50. The Balaban J connectivity index is 1.80. The number of rotatable bonds is 5. The highest BCUT2D eigenvalue weighted by atomic mass is 16.2. The Morgan fingerprint density at radius 1 is 1.29 bits per heavy atom. The van der Waals surface area contributed by atoms with Crippen LogP contribution in [0.2, 0.25) is 0 Å². The van der Waals surface area contributed by atoms with Gasteiger partial charge in [0.15, 0.2) is 11.3 Å². The van der Waals surface area contributed by atoms with Gasteiger partial charge in [-0.05, 0) is 19.1 Å². The predicted molar refractivity (Wildman–Crippen MR) is 88.0 cm³/mol. The summed E-state index contributed by atoms with van der Waals surface area (Å²) < 4.78 is 2.39. The van der Waals surface area contributed by atoms with Crippen molar-refractivity contribution < 1.29 is 4.79 Å². The van der Waals surface area contributed by atoms with Gasteiger partial charge in [0.05, 0.1) is 6.54 Å². The number of amides is 1. The molecule has 0 fully saturated rings. The standard InChI is InChI=1S/C15H17N7O2/c1-10-3-5-11(6-4-10)20(2)7-8-22-15(24)21-9-17-12(13(16)23)14(21)18-19-22/h3-6,9H,7-8H2,1-2H3,(H2,16,23)/i8+1. The minimum Gasteiger partial charge on any atom is -0.373 e. The van der Waals surface area contributed by atoms with Gasteiger partial charge in [-0.2, -0.15) is 4.68 Å². The Bertz CT molecular complexity index is 943. The summed E-state index contributed by atoms with van der Waals surface area (Å²) in [6.45, 7) is 2.94. The second kappa shape index (κ2) is 6.11. The molecule has 3 aromatic rings. The number of hydrogen-bond acceptors (Lipinski definition) is 6. The highest BCUT2D eigenvalue weighted by Gasteiger charge is 2.15. The monoisotopic (exact) mass is 328 g/mol. The van der Waals surface area contributed by atoms with E-state index in [-0.39, 0.29) is 11.3 Å². The summed E-state index contributed by atoms with van der Waals surface area (Å²) in [5.41, 5.74) is 7.00. The van der Waals surface area contributed by atoms with Crippen molar-refractivity contribution in [2.75, 3.05) is 18.5 Å². The third-order valence-corrected chi connectivity index (χ3v) is 3.77. The Hall–Kier alpha value is -3.23. The summed E-state index contributed by atoms with van der Waals surface area (Å²) in [6, 6.07) is 8.09. The molecule has 124 valence electrons. The number of carbonyl (C=O) groups excluding carboxylic acids is 1. The van der Waals surface area contributed by atoms with Crippen LogP contribution in [0.25, 0.3) is 5.65 Å². The van der Waals surface area contributed by atoms with Crippen LogP contribution in [-0.2, 0) is 6.54 Å². The number of likely N-dealkylation sites (N-methyl/N-ethyl adjacent to an activating group) is 1. The Labute approximate surface area is 137 Å². The first-order chi connectivity index (χ1) is 11.5. The van der Waals surface area contributed by atoms with E-state index in [4.69, 9.17) is 5.73 Å². The normalized spacial score (nSPS) is 10.9. The number of anilines is 1.